The van der Waals surface area contributed by atoms with E-state index in [1.165, 1.54) is 0 Å². The highest BCUT2D eigenvalue weighted by Crippen LogP contribution is 2.32. The number of carboxylic acids is 1. The summed E-state index contributed by atoms with van der Waals surface area (Å²) >= 11 is 4.07. The average molecular weight is 329 g/mol. The van der Waals surface area contributed by atoms with Crippen molar-refractivity contribution in [1.29, 1.82) is 0 Å². The minimum atomic E-state index is -4.71. The smallest absolute Gasteiger partial charge is 0.403 e. The van der Waals surface area contributed by atoms with E-state index < -0.39 is 23.8 Å². The highest BCUT2D eigenvalue weighted by atomic mass is 79.9. The third-order valence-corrected chi connectivity index (χ3v) is 3.56. The molecule has 0 bridgehead atoms. The van der Waals surface area contributed by atoms with Gasteiger partial charge in [-0.2, -0.15) is 13.2 Å². The monoisotopic (exact) mass is 328 g/mol. The zero-order valence-corrected chi connectivity index (χ0v) is 10.8. The molecule has 1 unspecified atom stereocenters. The third kappa shape index (κ3) is 4.59. The van der Waals surface area contributed by atoms with Crippen LogP contribution in [-0.2, 0) is 4.79 Å². The molecule has 0 aromatic heterocycles. The number of carbonyl (C=O) groups is 1. The zero-order valence-electron chi connectivity index (χ0n) is 8.37. The number of rotatable bonds is 4. The number of hydrogen-bond donors (Lipinski definition) is 1. The van der Waals surface area contributed by atoms with Crippen molar-refractivity contribution in [1.82, 2.24) is 0 Å². The Hall–Kier alpha value is -0.690. The molecule has 1 N–H and O–H groups in total. The minimum Gasteiger partial charge on any atom is -0.481 e. The van der Waals surface area contributed by atoms with Crippen molar-refractivity contribution in [2.45, 2.75) is 11.1 Å². The van der Waals surface area contributed by atoms with Gasteiger partial charge in [-0.3, -0.25) is 4.79 Å². The van der Waals surface area contributed by atoms with Crippen LogP contribution < -0.4 is 0 Å². The van der Waals surface area contributed by atoms with Gasteiger partial charge in [0, 0.05) is 15.1 Å². The number of thioether (sulfide) groups is 1. The van der Waals surface area contributed by atoms with E-state index in [2.05, 4.69) is 15.9 Å². The van der Waals surface area contributed by atoms with Crippen LogP contribution in [0.15, 0.2) is 33.6 Å². The van der Waals surface area contributed by atoms with E-state index in [1.807, 2.05) is 0 Å². The highest BCUT2D eigenvalue weighted by molar-refractivity contribution is 9.10. The lowest BCUT2D eigenvalue weighted by Crippen LogP contribution is -2.32. The first kappa shape index (κ1) is 14.4. The number of halogens is 4. The van der Waals surface area contributed by atoms with Gasteiger partial charge in [0.15, 0.2) is 5.92 Å². The first-order chi connectivity index (χ1) is 7.80. The van der Waals surface area contributed by atoms with Gasteiger partial charge in [-0.1, -0.05) is 15.9 Å². The molecule has 0 radical (unpaired) electrons. The lowest BCUT2D eigenvalue weighted by Gasteiger charge is -2.15. The van der Waals surface area contributed by atoms with E-state index in [0.29, 0.717) is 4.90 Å². The molecule has 1 aromatic carbocycles. The molecular formula is C10H8BrF3O2S. The van der Waals surface area contributed by atoms with Crippen LogP contribution in [0, 0.1) is 5.92 Å². The van der Waals surface area contributed by atoms with Gasteiger partial charge in [-0.15, -0.1) is 11.8 Å². The van der Waals surface area contributed by atoms with E-state index >= 15 is 0 Å². The van der Waals surface area contributed by atoms with E-state index in [4.69, 9.17) is 5.11 Å². The van der Waals surface area contributed by atoms with Crippen LogP contribution in [-0.4, -0.2) is 23.0 Å². The summed E-state index contributed by atoms with van der Waals surface area (Å²) in [5.41, 5.74) is 0. The van der Waals surface area contributed by atoms with Crippen LogP contribution in [0.2, 0.25) is 0 Å². The average Bonchev–Trinajstić information content (AvgIpc) is 2.18. The summed E-state index contributed by atoms with van der Waals surface area (Å²) in [6.07, 6.45) is -4.71. The number of aliphatic carboxylic acids is 1. The summed E-state index contributed by atoms with van der Waals surface area (Å²) in [5.74, 6) is -4.71. The Labute approximate surface area is 108 Å². The Morgan fingerprint density at radius 1 is 1.35 bits per heavy atom. The first-order valence-electron chi connectivity index (χ1n) is 4.48. The van der Waals surface area contributed by atoms with Gasteiger partial charge < -0.3 is 5.11 Å². The van der Waals surface area contributed by atoms with Gasteiger partial charge in [0.2, 0.25) is 0 Å². The number of hydrogen-bond acceptors (Lipinski definition) is 2. The second kappa shape index (κ2) is 5.77. The van der Waals surface area contributed by atoms with Crippen molar-refractivity contribution >= 4 is 33.7 Å². The van der Waals surface area contributed by atoms with Crippen LogP contribution >= 0.6 is 27.7 Å². The molecule has 0 amide bonds. The molecule has 2 nitrogen and oxygen atoms in total. The van der Waals surface area contributed by atoms with Crippen molar-refractivity contribution in [3.05, 3.63) is 28.7 Å². The summed E-state index contributed by atoms with van der Waals surface area (Å²) in [7, 11) is 0. The summed E-state index contributed by atoms with van der Waals surface area (Å²) in [4.78, 5) is 11.1. The van der Waals surface area contributed by atoms with Crippen molar-refractivity contribution in [2.75, 3.05) is 5.75 Å². The summed E-state index contributed by atoms with van der Waals surface area (Å²) in [5, 5.41) is 8.49. The van der Waals surface area contributed by atoms with Crippen LogP contribution in [0.25, 0.3) is 0 Å². The first-order valence-corrected chi connectivity index (χ1v) is 6.26. The normalized spacial score (nSPS) is 13.4. The molecule has 17 heavy (non-hydrogen) atoms. The van der Waals surface area contributed by atoms with Crippen molar-refractivity contribution < 1.29 is 23.1 Å². The Bertz CT molecular complexity index is 392. The van der Waals surface area contributed by atoms with Crippen molar-refractivity contribution in [3.8, 4) is 0 Å². The van der Waals surface area contributed by atoms with Crippen LogP contribution in [0.5, 0.6) is 0 Å². The Kier molecular flexibility index (Phi) is 4.88. The number of carboxylic acid groups (broad SMARTS) is 1. The quantitative estimate of drug-likeness (QED) is 0.854. The molecular weight excluding hydrogens is 321 g/mol. The molecule has 0 saturated heterocycles. The van der Waals surface area contributed by atoms with E-state index in [-0.39, 0.29) is 0 Å². The fourth-order valence-electron chi connectivity index (χ4n) is 1.02. The summed E-state index contributed by atoms with van der Waals surface area (Å²) < 4.78 is 37.8. The molecule has 0 fully saturated rings. The molecule has 7 heteroatoms. The van der Waals surface area contributed by atoms with Gasteiger partial charge in [0.05, 0.1) is 0 Å². The summed E-state index contributed by atoms with van der Waals surface area (Å²) in [6, 6.07) is 6.63. The van der Waals surface area contributed by atoms with Crippen LogP contribution in [0.3, 0.4) is 0 Å². The Balaban J connectivity index is 2.65. The van der Waals surface area contributed by atoms with Gasteiger partial charge in [-0.25, -0.2) is 0 Å². The van der Waals surface area contributed by atoms with E-state index in [9.17, 15) is 18.0 Å². The molecule has 0 spiro atoms. The fourth-order valence-corrected chi connectivity index (χ4v) is 2.30. The van der Waals surface area contributed by atoms with Gasteiger partial charge >= 0.3 is 12.1 Å². The maximum absolute atomic E-state index is 12.3. The predicted octanol–water partition coefficient (Wildman–Crippen LogP) is 3.80. The minimum absolute atomic E-state index is 0.527. The second-order valence-electron chi connectivity index (χ2n) is 3.20. The molecule has 0 aliphatic rings. The zero-order chi connectivity index (χ0) is 13.1. The molecule has 1 aromatic rings. The van der Waals surface area contributed by atoms with Gasteiger partial charge in [-0.05, 0) is 24.3 Å². The van der Waals surface area contributed by atoms with Gasteiger partial charge in [0.25, 0.3) is 0 Å². The highest BCUT2D eigenvalue weighted by Gasteiger charge is 2.44. The molecule has 0 saturated carbocycles. The SMILES string of the molecule is O=C(O)C(CSc1ccc(Br)cc1)C(F)(F)F. The number of alkyl halides is 3. The summed E-state index contributed by atoms with van der Waals surface area (Å²) in [6.45, 7) is 0. The molecule has 0 aliphatic carbocycles. The van der Waals surface area contributed by atoms with Crippen molar-refractivity contribution in [2.24, 2.45) is 5.92 Å². The lowest BCUT2D eigenvalue weighted by atomic mass is 10.2. The van der Waals surface area contributed by atoms with Crippen molar-refractivity contribution in [3.63, 3.8) is 0 Å². The fraction of sp³-hybridized carbons (Fsp3) is 0.300. The lowest BCUT2D eigenvalue weighted by molar-refractivity contribution is -0.188. The Morgan fingerprint density at radius 2 is 1.88 bits per heavy atom. The van der Waals surface area contributed by atoms with E-state index in [0.717, 1.165) is 16.2 Å². The Morgan fingerprint density at radius 3 is 2.29 bits per heavy atom. The maximum Gasteiger partial charge on any atom is 0.403 e. The number of benzene rings is 1. The molecule has 1 rings (SSSR count). The van der Waals surface area contributed by atoms with Crippen LogP contribution in [0.4, 0.5) is 13.2 Å². The molecule has 0 aliphatic heterocycles. The molecule has 1 atom stereocenters. The largest absolute Gasteiger partial charge is 0.481 e. The molecule has 94 valence electrons. The van der Waals surface area contributed by atoms with Gasteiger partial charge in [0.1, 0.15) is 0 Å². The standard InChI is InChI=1S/C10H8BrF3O2S/c11-6-1-3-7(4-2-6)17-5-8(9(15)16)10(12,13)14/h1-4,8H,5H2,(H,15,16). The predicted molar refractivity (Wildman–Crippen MR) is 62.0 cm³/mol. The van der Waals surface area contributed by atoms with E-state index in [1.54, 1.807) is 24.3 Å². The topological polar surface area (TPSA) is 37.3 Å². The molecule has 0 heterocycles. The van der Waals surface area contributed by atoms with Crippen LogP contribution in [0.1, 0.15) is 0 Å². The third-order valence-electron chi connectivity index (χ3n) is 1.92. The second-order valence-corrected chi connectivity index (χ2v) is 5.21. The maximum atomic E-state index is 12.3.